The summed E-state index contributed by atoms with van der Waals surface area (Å²) in [6, 6.07) is 30.3. The molecule has 1 aliphatic rings. The Morgan fingerprint density at radius 1 is 0.848 bits per heavy atom. The maximum absolute atomic E-state index is 14.5. The minimum Gasteiger partial charge on any atom is -0.497 e. The number of para-hydroxylation sites is 1. The summed E-state index contributed by atoms with van der Waals surface area (Å²) < 4.78 is 34.6. The van der Waals surface area contributed by atoms with Crippen molar-refractivity contribution in [2.75, 3.05) is 18.0 Å². The van der Waals surface area contributed by atoms with Crippen LogP contribution in [0.25, 0.3) is 0 Å². The molecule has 0 saturated heterocycles. The summed E-state index contributed by atoms with van der Waals surface area (Å²) in [6.45, 7) is -0.440. The van der Waals surface area contributed by atoms with Gasteiger partial charge in [-0.05, 0) is 72.5 Å². The molecule has 1 saturated carbocycles. The first kappa shape index (κ1) is 33.0. The van der Waals surface area contributed by atoms with Gasteiger partial charge in [0.15, 0.2) is 0 Å². The van der Waals surface area contributed by atoms with Gasteiger partial charge in [0.2, 0.25) is 11.8 Å². The number of halogens is 1. The van der Waals surface area contributed by atoms with Gasteiger partial charge in [-0.15, -0.1) is 0 Å². The Kier molecular flexibility index (Phi) is 11.0. The second-order valence-electron chi connectivity index (χ2n) is 11.4. The van der Waals surface area contributed by atoms with Crippen LogP contribution in [0.1, 0.15) is 36.8 Å². The number of rotatable bonds is 13. The van der Waals surface area contributed by atoms with Crippen molar-refractivity contribution in [3.05, 3.63) is 125 Å². The second-order valence-corrected chi connectivity index (χ2v) is 13.7. The van der Waals surface area contributed by atoms with Crippen LogP contribution in [0, 0.1) is 0 Å². The molecule has 0 heterocycles. The Bertz CT molecular complexity index is 1700. The van der Waals surface area contributed by atoms with Gasteiger partial charge >= 0.3 is 0 Å². The van der Waals surface area contributed by atoms with Crippen LogP contribution in [0.2, 0.25) is 5.02 Å². The molecular weight excluding hydrogens is 622 g/mol. The van der Waals surface area contributed by atoms with E-state index >= 15 is 0 Å². The van der Waals surface area contributed by atoms with Crippen molar-refractivity contribution in [3.63, 3.8) is 0 Å². The van der Waals surface area contributed by atoms with Crippen LogP contribution < -0.4 is 14.4 Å². The molecule has 0 aromatic heterocycles. The van der Waals surface area contributed by atoms with Gasteiger partial charge in [-0.1, -0.05) is 85.1 Å². The molecule has 4 aromatic rings. The highest BCUT2D eigenvalue weighted by Gasteiger charge is 2.35. The summed E-state index contributed by atoms with van der Waals surface area (Å²) >= 11 is 6.16. The minimum atomic E-state index is -4.20. The number of benzene rings is 4. The summed E-state index contributed by atoms with van der Waals surface area (Å²) in [7, 11) is -2.69. The van der Waals surface area contributed by atoms with E-state index in [1.807, 2.05) is 30.3 Å². The molecule has 240 valence electrons. The number of amides is 2. The molecule has 1 aliphatic carbocycles. The van der Waals surface area contributed by atoms with Crippen molar-refractivity contribution in [1.82, 2.24) is 10.2 Å². The Hall–Kier alpha value is -4.34. The quantitative estimate of drug-likeness (QED) is 0.183. The number of ether oxygens (including phenoxy) is 1. The number of hydrogen-bond acceptors (Lipinski definition) is 5. The molecule has 1 N–H and O–H groups in total. The van der Waals surface area contributed by atoms with Crippen molar-refractivity contribution in [1.29, 1.82) is 0 Å². The molecule has 1 atom stereocenters. The fraction of sp³-hybridized carbons (Fsp3) is 0.278. The number of nitrogens with zero attached hydrogens (tertiary/aromatic N) is 2. The number of carbonyl (C=O) groups excluding carboxylic acids is 2. The highest BCUT2D eigenvalue weighted by atomic mass is 35.5. The summed E-state index contributed by atoms with van der Waals surface area (Å²) in [6.07, 6.45) is 4.11. The number of nitrogens with one attached hydrogen (secondary N) is 1. The Morgan fingerprint density at radius 2 is 1.46 bits per heavy atom. The molecule has 0 radical (unpaired) electrons. The van der Waals surface area contributed by atoms with Gasteiger partial charge in [-0.2, -0.15) is 0 Å². The van der Waals surface area contributed by atoms with Crippen LogP contribution in [0.5, 0.6) is 5.75 Å². The third-order valence-electron chi connectivity index (χ3n) is 8.21. The van der Waals surface area contributed by atoms with Crippen LogP contribution in [-0.2, 0) is 32.6 Å². The zero-order chi connectivity index (χ0) is 32.5. The number of carbonyl (C=O) groups is 2. The van der Waals surface area contributed by atoms with E-state index in [0.717, 1.165) is 41.1 Å². The smallest absolute Gasteiger partial charge is 0.264 e. The van der Waals surface area contributed by atoms with Crippen LogP contribution in [0.3, 0.4) is 0 Å². The maximum atomic E-state index is 14.5. The zero-order valence-electron chi connectivity index (χ0n) is 25.7. The van der Waals surface area contributed by atoms with Crippen LogP contribution in [0.15, 0.2) is 114 Å². The monoisotopic (exact) mass is 659 g/mol. The third kappa shape index (κ3) is 8.27. The van der Waals surface area contributed by atoms with Crippen molar-refractivity contribution >= 4 is 39.1 Å². The van der Waals surface area contributed by atoms with E-state index in [1.165, 1.54) is 24.1 Å². The van der Waals surface area contributed by atoms with Crippen molar-refractivity contribution < 1.29 is 22.7 Å². The summed E-state index contributed by atoms with van der Waals surface area (Å²) in [4.78, 5) is 30.1. The predicted octanol–water partition coefficient (Wildman–Crippen LogP) is 6.24. The lowest BCUT2D eigenvalue weighted by atomic mass is 10.0. The van der Waals surface area contributed by atoms with Gasteiger partial charge in [0, 0.05) is 24.0 Å². The number of methoxy groups -OCH3 is 1. The summed E-state index contributed by atoms with van der Waals surface area (Å²) in [5.41, 5.74) is 1.97. The van der Waals surface area contributed by atoms with E-state index in [4.69, 9.17) is 16.3 Å². The maximum Gasteiger partial charge on any atom is 0.264 e. The average molecular weight is 660 g/mol. The first-order valence-corrected chi connectivity index (χ1v) is 17.2. The lowest BCUT2D eigenvalue weighted by molar-refractivity contribution is -0.140. The molecule has 2 amide bonds. The lowest BCUT2D eigenvalue weighted by Gasteiger charge is -2.34. The molecule has 1 fully saturated rings. The molecule has 0 unspecified atom stereocenters. The van der Waals surface area contributed by atoms with E-state index in [1.54, 1.807) is 66.7 Å². The van der Waals surface area contributed by atoms with Gasteiger partial charge in [-0.25, -0.2) is 8.42 Å². The van der Waals surface area contributed by atoms with E-state index in [-0.39, 0.29) is 29.8 Å². The Morgan fingerprint density at radius 3 is 2.07 bits per heavy atom. The Labute approximate surface area is 276 Å². The van der Waals surface area contributed by atoms with Gasteiger partial charge in [-0.3, -0.25) is 13.9 Å². The van der Waals surface area contributed by atoms with Crippen LogP contribution in [0.4, 0.5) is 5.69 Å². The van der Waals surface area contributed by atoms with Gasteiger partial charge in [0.1, 0.15) is 18.3 Å². The average Bonchev–Trinajstić information content (AvgIpc) is 3.59. The SMILES string of the molecule is COc1ccc(S(=O)(=O)N(CC(=O)N(Cc2ccc(Cl)cc2)[C@H](Cc2ccccc2)C(=O)NC2CCCC2)c2ccccc2)cc1. The van der Waals surface area contributed by atoms with Crippen LogP contribution in [-0.4, -0.2) is 50.9 Å². The first-order valence-electron chi connectivity index (χ1n) is 15.3. The molecule has 8 nitrogen and oxygen atoms in total. The van der Waals surface area contributed by atoms with Gasteiger partial charge in [0.25, 0.3) is 10.0 Å². The van der Waals surface area contributed by atoms with Crippen molar-refractivity contribution in [2.24, 2.45) is 0 Å². The standard InChI is InChI=1S/C36H38ClN3O5S/c1-45-32-20-22-33(23-21-32)46(43,44)40(31-14-6-3-7-15-31)26-35(41)39(25-28-16-18-29(37)19-17-28)34(24-27-10-4-2-5-11-27)36(42)38-30-12-8-9-13-30/h2-7,10-11,14-23,30,34H,8-9,12-13,24-26H2,1H3,(H,38,42)/t34-/m1/s1. The number of hydrogen-bond donors (Lipinski definition) is 1. The molecule has 46 heavy (non-hydrogen) atoms. The molecular formula is C36H38ClN3O5S. The van der Waals surface area contributed by atoms with E-state index in [0.29, 0.717) is 16.5 Å². The predicted molar refractivity (Wildman–Crippen MR) is 180 cm³/mol. The van der Waals surface area contributed by atoms with Crippen molar-refractivity contribution in [2.45, 2.75) is 55.6 Å². The topological polar surface area (TPSA) is 96.0 Å². The molecule has 0 bridgehead atoms. The molecule has 0 spiro atoms. The normalized spacial score (nSPS) is 14.0. The van der Waals surface area contributed by atoms with Gasteiger partial charge < -0.3 is 15.0 Å². The molecule has 0 aliphatic heterocycles. The fourth-order valence-corrected chi connectivity index (χ4v) is 7.25. The van der Waals surface area contributed by atoms with Gasteiger partial charge in [0.05, 0.1) is 17.7 Å². The van der Waals surface area contributed by atoms with Crippen molar-refractivity contribution in [3.8, 4) is 5.75 Å². The zero-order valence-corrected chi connectivity index (χ0v) is 27.3. The highest BCUT2D eigenvalue weighted by Crippen LogP contribution is 2.27. The molecule has 10 heteroatoms. The van der Waals surface area contributed by atoms with E-state index in [2.05, 4.69) is 5.32 Å². The number of sulfonamides is 1. The Balaban J connectivity index is 1.54. The second kappa shape index (κ2) is 15.3. The molecule has 5 rings (SSSR count). The lowest BCUT2D eigenvalue weighted by Crippen LogP contribution is -2.54. The third-order valence-corrected chi connectivity index (χ3v) is 10.2. The molecule has 4 aromatic carbocycles. The summed E-state index contributed by atoms with van der Waals surface area (Å²) in [5.74, 6) is -0.270. The fourth-order valence-electron chi connectivity index (χ4n) is 5.71. The largest absolute Gasteiger partial charge is 0.497 e. The number of anilines is 1. The van der Waals surface area contributed by atoms with E-state index < -0.39 is 28.5 Å². The van der Waals surface area contributed by atoms with E-state index in [9.17, 15) is 18.0 Å². The minimum absolute atomic E-state index is 0.00835. The highest BCUT2D eigenvalue weighted by molar-refractivity contribution is 7.92. The summed E-state index contributed by atoms with van der Waals surface area (Å²) in [5, 5.41) is 3.73. The van der Waals surface area contributed by atoms with Crippen LogP contribution >= 0.6 is 11.6 Å². The first-order chi connectivity index (χ1) is 22.2.